The summed E-state index contributed by atoms with van der Waals surface area (Å²) in [4.78, 5) is 11.8. The monoisotopic (exact) mass is 249 g/mol. The Hall–Kier alpha value is -1.88. The van der Waals surface area contributed by atoms with Crippen LogP contribution in [0.15, 0.2) is 18.2 Å². The van der Waals surface area contributed by atoms with Gasteiger partial charge in [0.25, 0.3) is 0 Å². The number of primary amides is 1. The molecule has 98 valence electrons. The Balaban J connectivity index is 3.64. The number of urea groups is 1. The van der Waals surface area contributed by atoms with Crippen LogP contribution in [0.3, 0.4) is 0 Å². The standard InChI is InChI=1S/C13H20N4O/c1-4-9-7-6-8-10(5-2)11(9)17(3,12(14)15)13(16)18/h6-8H,4-5H2,1-3H3,(H4-,14,15,16,18)/p+1. The second-order valence-electron chi connectivity index (χ2n) is 4.36. The van der Waals surface area contributed by atoms with Gasteiger partial charge in [-0.05, 0) is 12.8 Å². The van der Waals surface area contributed by atoms with Gasteiger partial charge in [-0.25, -0.2) is 10.2 Å². The third-order valence-electron chi connectivity index (χ3n) is 3.33. The highest BCUT2D eigenvalue weighted by Gasteiger charge is 2.40. The first-order chi connectivity index (χ1) is 8.39. The van der Waals surface area contributed by atoms with E-state index in [2.05, 4.69) is 0 Å². The zero-order chi connectivity index (χ0) is 13.9. The van der Waals surface area contributed by atoms with Crippen molar-refractivity contribution in [1.82, 2.24) is 4.48 Å². The van der Waals surface area contributed by atoms with Gasteiger partial charge in [-0.3, -0.25) is 0 Å². The zero-order valence-electron chi connectivity index (χ0n) is 11.2. The summed E-state index contributed by atoms with van der Waals surface area (Å²) >= 11 is 0. The van der Waals surface area contributed by atoms with Crippen molar-refractivity contribution in [3.8, 4) is 0 Å². The van der Waals surface area contributed by atoms with E-state index < -0.39 is 10.5 Å². The smallest absolute Gasteiger partial charge is 0.337 e. The Morgan fingerprint density at radius 3 is 1.94 bits per heavy atom. The number of nitrogens with two attached hydrogens (primary N) is 2. The van der Waals surface area contributed by atoms with E-state index in [0.29, 0.717) is 0 Å². The molecule has 0 heterocycles. The molecule has 5 N–H and O–H groups in total. The molecule has 0 bridgehead atoms. The normalized spacial score (nSPS) is 13.9. The molecule has 0 saturated carbocycles. The van der Waals surface area contributed by atoms with Crippen LogP contribution in [-0.2, 0) is 12.8 Å². The van der Waals surface area contributed by atoms with Crippen LogP contribution in [-0.4, -0.2) is 19.0 Å². The fourth-order valence-corrected chi connectivity index (χ4v) is 2.14. The second-order valence-corrected chi connectivity index (χ2v) is 4.36. The molecule has 1 unspecified atom stereocenters. The Kier molecular flexibility index (Phi) is 4.08. The Bertz CT molecular complexity index is 446. The topological polar surface area (TPSA) is 93.0 Å². The highest BCUT2D eigenvalue weighted by Crippen LogP contribution is 2.31. The quantitative estimate of drug-likeness (QED) is 0.432. The van der Waals surface area contributed by atoms with Crippen LogP contribution >= 0.6 is 0 Å². The number of carbonyl (C=O) groups is 1. The lowest BCUT2D eigenvalue weighted by atomic mass is 10.0. The lowest BCUT2D eigenvalue weighted by Gasteiger charge is -2.29. The second kappa shape index (κ2) is 5.18. The van der Waals surface area contributed by atoms with Crippen LogP contribution < -0.4 is 16.0 Å². The van der Waals surface area contributed by atoms with Crippen LogP contribution in [0.5, 0.6) is 0 Å². The van der Waals surface area contributed by atoms with Crippen molar-refractivity contribution >= 4 is 17.7 Å². The Morgan fingerprint density at radius 1 is 1.22 bits per heavy atom. The summed E-state index contributed by atoms with van der Waals surface area (Å²) in [5.74, 6) is -0.266. The molecule has 1 rings (SSSR count). The largest absolute Gasteiger partial charge is 0.426 e. The van der Waals surface area contributed by atoms with Crippen molar-refractivity contribution in [3.05, 3.63) is 29.3 Å². The number of guanidine groups is 1. The van der Waals surface area contributed by atoms with Gasteiger partial charge in [-0.15, -0.1) is 4.48 Å². The van der Waals surface area contributed by atoms with Crippen molar-refractivity contribution in [3.63, 3.8) is 0 Å². The number of carbonyl (C=O) groups excluding carboxylic acids is 1. The first-order valence-electron chi connectivity index (χ1n) is 6.01. The van der Waals surface area contributed by atoms with E-state index in [4.69, 9.17) is 16.9 Å². The van der Waals surface area contributed by atoms with Gasteiger partial charge in [0.1, 0.15) is 0 Å². The molecule has 0 aliphatic rings. The number of benzene rings is 1. The summed E-state index contributed by atoms with van der Waals surface area (Å²) in [5, 5.41) is 7.71. The molecule has 0 aliphatic carbocycles. The van der Waals surface area contributed by atoms with E-state index in [9.17, 15) is 4.79 Å². The molecular weight excluding hydrogens is 228 g/mol. The number of hydrogen-bond donors (Lipinski definition) is 3. The molecule has 0 spiro atoms. The highest BCUT2D eigenvalue weighted by atomic mass is 16.2. The number of nitrogens with zero attached hydrogens (tertiary/aromatic N) is 1. The van der Waals surface area contributed by atoms with Crippen molar-refractivity contribution in [2.45, 2.75) is 26.7 Å². The van der Waals surface area contributed by atoms with E-state index in [-0.39, 0.29) is 5.96 Å². The minimum absolute atomic E-state index is 0.266. The molecule has 5 nitrogen and oxygen atoms in total. The van der Waals surface area contributed by atoms with Gasteiger partial charge in [0.15, 0.2) is 5.69 Å². The average molecular weight is 249 g/mol. The number of para-hydroxylation sites is 1. The van der Waals surface area contributed by atoms with Crippen molar-refractivity contribution in [1.29, 1.82) is 5.41 Å². The number of amides is 2. The lowest BCUT2D eigenvalue weighted by Crippen LogP contribution is -2.61. The number of rotatable bonds is 3. The van der Waals surface area contributed by atoms with Crippen molar-refractivity contribution < 1.29 is 4.79 Å². The molecule has 18 heavy (non-hydrogen) atoms. The van der Waals surface area contributed by atoms with E-state index in [0.717, 1.165) is 29.7 Å². The van der Waals surface area contributed by atoms with Crippen molar-refractivity contribution in [2.75, 3.05) is 7.05 Å². The zero-order valence-corrected chi connectivity index (χ0v) is 11.2. The predicted octanol–water partition coefficient (Wildman–Crippen LogP) is 1.72. The van der Waals surface area contributed by atoms with Crippen LogP contribution in [0.2, 0.25) is 0 Å². The van der Waals surface area contributed by atoms with Gasteiger partial charge in [-0.1, -0.05) is 32.0 Å². The summed E-state index contributed by atoms with van der Waals surface area (Å²) in [7, 11) is 1.57. The summed E-state index contributed by atoms with van der Waals surface area (Å²) in [6, 6.07) is 5.19. The van der Waals surface area contributed by atoms with Crippen LogP contribution in [0.4, 0.5) is 10.5 Å². The van der Waals surface area contributed by atoms with Crippen LogP contribution in [0, 0.1) is 5.41 Å². The first-order valence-corrected chi connectivity index (χ1v) is 6.01. The molecular formula is C13H21N4O+. The van der Waals surface area contributed by atoms with E-state index in [1.165, 1.54) is 0 Å². The van der Waals surface area contributed by atoms with Crippen molar-refractivity contribution in [2.24, 2.45) is 11.5 Å². The molecule has 0 aromatic heterocycles. The molecule has 0 radical (unpaired) electrons. The molecule has 1 atom stereocenters. The fourth-order valence-electron chi connectivity index (χ4n) is 2.14. The number of hydrogen-bond acceptors (Lipinski definition) is 2. The minimum Gasteiger partial charge on any atom is -0.337 e. The first kappa shape index (κ1) is 14.2. The molecule has 2 amide bonds. The summed E-state index contributed by atoms with van der Waals surface area (Å²) in [5.41, 5.74) is 13.8. The summed E-state index contributed by atoms with van der Waals surface area (Å²) in [6.07, 6.45) is 1.52. The lowest BCUT2D eigenvalue weighted by molar-refractivity contribution is 0.234. The van der Waals surface area contributed by atoms with E-state index >= 15 is 0 Å². The van der Waals surface area contributed by atoms with Crippen LogP contribution in [0.25, 0.3) is 0 Å². The predicted molar refractivity (Wildman–Crippen MR) is 74.4 cm³/mol. The maximum absolute atomic E-state index is 11.8. The molecule has 1 aromatic carbocycles. The number of nitrogens with one attached hydrogen (secondary N) is 1. The van der Waals surface area contributed by atoms with Gasteiger partial charge in [0, 0.05) is 11.1 Å². The van der Waals surface area contributed by atoms with Crippen LogP contribution in [0.1, 0.15) is 25.0 Å². The fraction of sp³-hybridized carbons (Fsp3) is 0.385. The third kappa shape index (κ3) is 2.09. The summed E-state index contributed by atoms with van der Waals surface area (Å²) in [6.45, 7) is 4.01. The maximum Gasteiger partial charge on any atom is 0.426 e. The average Bonchev–Trinajstić information content (AvgIpc) is 2.36. The molecule has 0 saturated heterocycles. The Labute approximate surface area is 107 Å². The number of quaternary nitrogens is 1. The highest BCUT2D eigenvalue weighted by molar-refractivity contribution is 6.07. The molecule has 0 fully saturated rings. The van der Waals surface area contributed by atoms with Gasteiger partial charge in [0.05, 0.1) is 7.05 Å². The SMILES string of the molecule is CCc1cccc(CC)c1[N+](C)(C(=N)N)C(N)=O. The van der Waals surface area contributed by atoms with Gasteiger partial charge in [0.2, 0.25) is 0 Å². The van der Waals surface area contributed by atoms with E-state index in [1.807, 2.05) is 32.0 Å². The Morgan fingerprint density at radius 2 is 1.67 bits per heavy atom. The third-order valence-corrected chi connectivity index (χ3v) is 3.33. The number of aryl methyl sites for hydroxylation is 2. The van der Waals surface area contributed by atoms with Gasteiger partial charge >= 0.3 is 12.0 Å². The molecule has 0 aliphatic heterocycles. The minimum atomic E-state index is -0.641. The maximum atomic E-state index is 11.8. The van der Waals surface area contributed by atoms with E-state index in [1.54, 1.807) is 7.05 Å². The summed E-state index contributed by atoms with van der Waals surface area (Å²) < 4.78 is -0.465. The molecule has 1 aromatic rings. The van der Waals surface area contributed by atoms with Gasteiger partial charge < -0.3 is 11.5 Å². The van der Waals surface area contributed by atoms with Gasteiger partial charge in [-0.2, -0.15) is 0 Å². The molecule has 5 heteroatoms.